The molecular weight excluding hydrogens is 393 g/mol. The number of thioether (sulfide) groups is 1. The van der Waals surface area contributed by atoms with Crippen LogP contribution in [0.3, 0.4) is 0 Å². The van der Waals surface area contributed by atoms with E-state index in [1.54, 1.807) is 11.8 Å². The molecule has 0 radical (unpaired) electrons. The van der Waals surface area contributed by atoms with Gasteiger partial charge >= 0.3 is 0 Å². The fourth-order valence-electron chi connectivity index (χ4n) is 2.72. The van der Waals surface area contributed by atoms with Gasteiger partial charge in [0.2, 0.25) is 5.91 Å². The first kappa shape index (κ1) is 20.9. The summed E-state index contributed by atoms with van der Waals surface area (Å²) in [5.74, 6) is 0.565. The molecule has 0 fully saturated rings. The Kier molecular flexibility index (Phi) is 6.87. The first-order valence-corrected chi connectivity index (χ1v) is 10.2. The van der Waals surface area contributed by atoms with Gasteiger partial charge in [0.25, 0.3) is 11.1 Å². The third-order valence-electron chi connectivity index (χ3n) is 4.03. The number of nitrogens with zero attached hydrogens (tertiary/aromatic N) is 3. The smallest absolute Gasteiger partial charge is 0.277 e. The van der Waals surface area contributed by atoms with E-state index in [1.165, 1.54) is 36.0 Å². The van der Waals surface area contributed by atoms with Crippen LogP contribution in [-0.2, 0) is 4.79 Å². The monoisotopic (exact) mass is 415 g/mol. The van der Waals surface area contributed by atoms with Gasteiger partial charge in [-0.25, -0.2) is 4.39 Å². The highest BCUT2D eigenvalue weighted by atomic mass is 32.2. The van der Waals surface area contributed by atoms with E-state index in [4.69, 9.17) is 9.15 Å². The number of benzene rings is 2. The molecule has 3 aromatic rings. The van der Waals surface area contributed by atoms with Gasteiger partial charge in [0.05, 0.1) is 5.75 Å². The number of para-hydroxylation sites is 1. The molecule has 1 atom stereocenters. The van der Waals surface area contributed by atoms with Crippen LogP contribution in [0, 0.1) is 5.82 Å². The van der Waals surface area contributed by atoms with Gasteiger partial charge in [0, 0.05) is 11.7 Å². The highest BCUT2D eigenvalue weighted by Crippen LogP contribution is 2.25. The molecule has 29 heavy (non-hydrogen) atoms. The Morgan fingerprint density at radius 1 is 1.10 bits per heavy atom. The summed E-state index contributed by atoms with van der Waals surface area (Å²) in [5, 5.41) is 8.25. The maximum absolute atomic E-state index is 13.0. The molecular formula is C21H22FN3O3S. The summed E-state index contributed by atoms with van der Waals surface area (Å²) in [6.45, 7) is 5.69. The van der Waals surface area contributed by atoms with Crippen molar-refractivity contribution in [3.8, 4) is 5.75 Å². The molecule has 8 heteroatoms. The molecule has 0 spiro atoms. The average Bonchev–Trinajstić information content (AvgIpc) is 3.18. The molecule has 1 amide bonds. The van der Waals surface area contributed by atoms with E-state index in [0.29, 0.717) is 11.0 Å². The van der Waals surface area contributed by atoms with Crippen molar-refractivity contribution in [3.63, 3.8) is 0 Å². The summed E-state index contributed by atoms with van der Waals surface area (Å²) in [6, 6.07) is 15.2. The van der Waals surface area contributed by atoms with Gasteiger partial charge in [-0.15, -0.1) is 10.2 Å². The Hall–Kier alpha value is -2.87. The Bertz CT molecular complexity index is 932. The number of halogens is 1. The lowest BCUT2D eigenvalue weighted by atomic mass is 10.2. The summed E-state index contributed by atoms with van der Waals surface area (Å²) >= 11 is 1.18. The van der Waals surface area contributed by atoms with Gasteiger partial charge in [-0.05, 0) is 57.2 Å². The molecule has 1 heterocycles. The lowest BCUT2D eigenvalue weighted by Crippen LogP contribution is -2.38. The van der Waals surface area contributed by atoms with Crippen molar-refractivity contribution in [2.75, 3.05) is 10.7 Å². The lowest BCUT2D eigenvalue weighted by molar-refractivity contribution is -0.116. The molecule has 6 nitrogen and oxygen atoms in total. The number of ether oxygens (including phenoxy) is 1. The van der Waals surface area contributed by atoms with Crippen molar-refractivity contribution in [2.24, 2.45) is 0 Å². The molecule has 0 aliphatic heterocycles. The van der Waals surface area contributed by atoms with Gasteiger partial charge < -0.3 is 14.1 Å². The Balaban J connectivity index is 1.59. The molecule has 0 bridgehead atoms. The van der Waals surface area contributed by atoms with E-state index in [0.717, 1.165) is 5.69 Å². The Labute approximate surface area is 173 Å². The van der Waals surface area contributed by atoms with Crippen LogP contribution in [0.4, 0.5) is 10.1 Å². The minimum atomic E-state index is -0.505. The van der Waals surface area contributed by atoms with Crippen molar-refractivity contribution in [3.05, 3.63) is 66.3 Å². The number of carbonyl (C=O) groups excluding carboxylic acids is 1. The number of aromatic nitrogens is 2. The number of rotatable bonds is 8. The molecule has 0 saturated carbocycles. The average molecular weight is 415 g/mol. The van der Waals surface area contributed by atoms with Crippen LogP contribution in [0.2, 0.25) is 0 Å². The first-order valence-electron chi connectivity index (χ1n) is 9.19. The standard InChI is InChI=1S/C21H22FN3O3S/c1-14(2)25(17-7-5-4-6-8-17)19(26)13-29-21-24-23-20(28-21)15(3)27-18-11-9-16(22)10-12-18/h4-12,14-15H,13H2,1-3H3. The van der Waals surface area contributed by atoms with Crippen molar-refractivity contribution in [1.82, 2.24) is 10.2 Å². The van der Waals surface area contributed by atoms with Crippen LogP contribution < -0.4 is 9.64 Å². The minimum Gasteiger partial charge on any atom is -0.481 e. The third-order valence-corrected chi connectivity index (χ3v) is 4.84. The predicted molar refractivity (Wildman–Crippen MR) is 110 cm³/mol. The topological polar surface area (TPSA) is 68.5 Å². The number of hydrogen-bond acceptors (Lipinski definition) is 6. The molecule has 0 aliphatic rings. The summed E-state index contributed by atoms with van der Waals surface area (Å²) in [6.07, 6.45) is -0.505. The molecule has 1 unspecified atom stereocenters. The maximum atomic E-state index is 13.0. The SMILES string of the molecule is CC(Oc1ccc(F)cc1)c1nnc(SCC(=O)N(c2ccccc2)C(C)C)o1. The Morgan fingerprint density at radius 2 is 1.79 bits per heavy atom. The van der Waals surface area contributed by atoms with Gasteiger partial charge in [0.1, 0.15) is 11.6 Å². The molecule has 1 aromatic heterocycles. The van der Waals surface area contributed by atoms with E-state index in [1.807, 2.05) is 44.2 Å². The maximum Gasteiger partial charge on any atom is 0.277 e. The van der Waals surface area contributed by atoms with Crippen molar-refractivity contribution < 1.29 is 18.3 Å². The molecule has 3 rings (SSSR count). The summed E-state index contributed by atoms with van der Waals surface area (Å²) in [4.78, 5) is 14.5. The molecule has 152 valence electrons. The van der Waals surface area contributed by atoms with Gasteiger partial charge in [0.15, 0.2) is 6.10 Å². The Morgan fingerprint density at radius 3 is 2.45 bits per heavy atom. The van der Waals surface area contributed by atoms with Crippen molar-refractivity contribution >= 4 is 23.4 Å². The van der Waals surface area contributed by atoms with E-state index < -0.39 is 6.10 Å². The zero-order valence-electron chi connectivity index (χ0n) is 16.4. The quantitative estimate of drug-likeness (QED) is 0.488. The summed E-state index contributed by atoms with van der Waals surface area (Å²) in [7, 11) is 0. The largest absolute Gasteiger partial charge is 0.481 e. The number of anilines is 1. The van der Waals surface area contributed by atoms with E-state index in [9.17, 15) is 9.18 Å². The highest BCUT2D eigenvalue weighted by Gasteiger charge is 2.21. The first-order chi connectivity index (χ1) is 13.9. The minimum absolute atomic E-state index is 0.0212. The summed E-state index contributed by atoms with van der Waals surface area (Å²) < 4.78 is 24.3. The highest BCUT2D eigenvalue weighted by molar-refractivity contribution is 7.99. The van der Waals surface area contributed by atoms with E-state index in [-0.39, 0.29) is 29.4 Å². The molecule has 0 N–H and O–H groups in total. The molecule has 0 aliphatic carbocycles. The molecule has 2 aromatic carbocycles. The van der Waals surface area contributed by atoms with Crippen molar-refractivity contribution in [2.45, 2.75) is 38.1 Å². The second kappa shape index (κ2) is 9.56. The van der Waals surface area contributed by atoms with Crippen molar-refractivity contribution in [1.29, 1.82) is 0 Å². The lowest BCUT2D eigenvalue weighted by Gasteiger charge is -2.26. The predicted octanol–water partition coefficient (Wildman–Crippen LogP) is 4.88. The van der Waals surface area contributed by atoms with Crippen LogP contribution in [0.25, 0.3) is 0 Å². The zero-order chi connectivity index (χ0) is 20.8. The van der Waals surface area contributed by atoms with Crippen LogP contribution in [0.15, 0.2) is 64.2 Å². The third kappa shape index (κ3) is 5.57. The fraction of sp³-hybridized carbons (Fsp3) is 0.286. The number of amides is 1. The van der Waals surface area contributed by atoms with Gasteiger partial charge in [-0.2, -0.15) is 0 Å². The normalized spacial score (nSPS) is 12.0. The van der Waals surface area contributed by atoms with E-state index >= 15 is 0 Å². The van der Waals surface area contributed by atoms with Crippen LogP contribution in [0.5, 0.6) is 5.75 Å². The van der Waals surface area contributed by atoms with Crippen LogP contribution in [0.1, 0.15) is 32.8 Å². The van der Waals surface area contributed by atoms with Crippen LogP contribution in [-0.4, -0.2) is 27.9 Å². The van der Waals surface area contributed by atoms with Crippen LogP contribution >= 0.6 is 11.8 Å². The van der Waals surface area contributed by atoms with E-state index in [2.05, 4.69) is 10.2 Å². The molecule has 0 saturated heterocycles. The second-order valence-corrected chi connectivity index (χ2v) is 7.53. The fourth-order valence-corrected chi connectivity index (χ4v) is 3.35. The second-order valence-electron chi connectivity index (χ2n) is 6.60. The zero-order valence-corrected chi connectivity index (χ0v) is 17.2. The number of hydrogen-bond donors (Lipinski definition) is 0. The van der Waals surface area contributed by atoms with Gasteiger partial charge in [-0.3, -0.25) is 4.79 Å². The van der Waals surface area contributed by atoms with Gasteiger partial charge in [-0.1, -0.05) is 30.0 Å². The summed E-state index contributed by atoms with van der Waals surface area (Å²) in [5.41, 5.74) is 0.848. The number of carbonyl (C=O) groups is 1.